The van der Waals surface area contributed by atoms with Gasteiger partial charge < -0.3 is 9.84 Å². The van der Waals surface area contributed by atoms with Crippen LogP contribution in [-0.2, 0) is 6.18 Å². The van der Waals surface area contributed by atoms with E-state index in [-0.39, 0.29) is 23.2 Å². The highest BCUT2D eigenvalue weighted by molar-refractivity contribution is 5.92. The van der Waals surface area contributed by atoms with E-state index in [4.69, 9.17) is 4.52 Å². The molecule has 7 nitrogen and oxygen atoms in total. The number of hydrogen-bond donors (Lipinski definition) is 1. The summed E-state index contributed by atoms with van der Waals surface area (Å²) in [5.74, 6) is 0.0246. The monoisotopic (exact) mass is 405 g/mol. The third-order valence-corrected chi connectivity index (χ3v) is 4.97. The molecule has 29 heavy (non-hydrogen) atoms. The molecule has 1 amide bonds. The zero-order chi connectivity index (χ0) is 20.6. The van der Waals surface area contributed by atoms with E-state index >= 15 is 0 Å². The van der Waals surface area contributed by atoms with Crippen molar-refractivity contribution in [3.8, 4) is 11.3 Å². The van der Waals surface area contributed by atoms with Gasteiger partial charge in [0.1, 0.15) is 17.1 Å². The molecule has 0 aromatic carbocycles. The number of aromatic nitrogens is 4. The number of amides is 1. The number of alkyl halides is 3. The number of halogens is 3. The Bertz CT molecular complexity index is 1020. The summed E-state index contributed by atoms with van der Waals surface area (Å²) in [7, 11) is 0. The van der Waals surface area contributed by atoms with E-state index in [0.29, 0.717) is 11.5 Å². The average molecular weight is 405 g/mol. The molecule has 0 saturated heterocycles. The lowest BCUT2D eigenvalue weighted by Crippen LogP contribution is -2.31. The van der Waals surface area contributed by atoms with Crippen LogP contribution in [0.5, 0.6) is 0 Å². The Morgan fingerprint density at radius 2 is 2.07 bits per heavy atom. The topological polar surface area (TPSA) is 85.8 Å². The maximum Gasteiger partial charge on any atom is 0.433 e. The molecule has 1 saturated carbocycles. The Morgan fingerprint density at radius 3 is 2.76 bits per heavy atom. The molecule has 0 radical (unpaired) electrons. The Hall–Kier alpha value is -3.17. The summed E-state index contributed by atoms with van der Waals surface area (Å²) in [6, 6.07) is 5.19. The molecule has 3 aromatic heterocycles. The van der Waals surface area contributed by atoms with Gasteiger partial charge in [0.15, 0.2) is 5.76 Å². The second-order valence-electron chi connectivity index (χ2n) is 6.98. The maximum atomic E-state index is 12.9. The first-order valence-corrected chi connectivity index (χ1v) is 9.17. The van der Waals surface area contributed by atoms with E-state index in [9.17, 15) is 18.0 Å². The molecule has 1 fully saturated rings. The molecular weight excluding hydrogens is 387 g/mol. The molecule has 0 bridgehead atoms. The Morgan fingerprint density at radius 1 is 1.28 bits per heavy atom. The first-order valence-electron chi connectivity index (χ1n) is 9.17. The van der Waals surface area contributed by atoms with Gasteiger partial charge >= 0.3 is 6.18 Å². The van der Waals surface area contributed by atoms with Crippen LogP contribution in [0.15, 0.2) is 41.2 Å². The molecule has 1 aliphatic rings. The zero-order valence-electron chi connectivity index (χ0n) is 15.5. The molecule has 1 atom stereocenters. The molecule has 0 unspecified atom stereocenters. The summed E-state index contributed by atoms with van der Waals surface area (Å²) in [6.07, 6.45) is 1.22. The minimum atomic E-state index is -4.55. The average Bonchev–Trinajstić information content (AvgIpc) is 3.29. The van der Waals surface area contributed by atoms with Crippen molar-refractivity contribution in [3.63, 3.8) is 0 Å². The van der Waals surface area contributed by atoms with Crippen LogP contribution in [-0.4, -0.2) is 25.8 Å². The summed E-state index contributed by atoms with van der Waals surface area (Å²) >= 11 is 0. The SMILES string of the molecule is C[C@@H](NC(=O)c1ccnn1C1CCC1)c1cc(-c2ccnc(C(F)(F)F)c2)no1. The van der Waals surface area contributed by atoms with Crippen molar-refractivity contribution in [3.05, 3.63) is 53.8 Å². The third kappa shape index (κ3) is 3.87. The molecule has 1 aliphatic carbocycles. The molecule has 0 spiro atoms. The molecule has 1 N–H and O–H groups in total. The van der Waals surface area contributed by atoms with Gasteiger partial charge in [-0.25, -0.2) is 0 Å². The van der Waals surface area contributed by atoms with Crippen LogP contribution in [0.25, 0.3) is 11.3 Å². The van der Waals surface area contributed by atoms with E-state index < -0.39 is 17.9 Å². The van der Waals surface area contributed by atoms with Gasteiger partial charge in [-0.15, -0.1) is 0 Å². The summed E-state index contributed by atoms with van der Waals surface area (Å²) < 4.78 is 45.5. The second kappa shape index (κ2) is 7.34. The fourth-order valence-corrected chi connectivity index (χ4v) is 3.13. The summed E-state index contributed by atoms with van der Waals surface area (Å²) in [5.41, 5.74) is -0.0900. The van der Waals surface area contributed by atoms with Gasteiger partial charge in [-0.05, 0) is 44.4 Å². The van der Waals surface area contributed by atoms with E-state index in [0.717, 1.165) is 31.5 Å². The first-order chi connectivity index (χ1) is 13.8. The van der Waals surface area contributed by atoms with Crippen LogP contribution in [0.2, 0.25) is 0 Å². The summed E-state index contributed by atoms with van der Waals surface area (Å²) in [5, 5.41) is 10.9. The van der Waals surface area contributed by atoms with Crippen molar-refractivity contribution >= 4 is 5.91 Å². The van der Waals surface area contributed by atoms with Gasteiger partial charge in [-0.3, -0.25) is 14.5 Å². The van der Waals surface area contributed by atoms with Crippen LogP contribution in [0.3, 0.4) is 0 Å². The number of carbonyl (C=O) groups is 1. The van der Waals surface area contributed by atoms with Crippen molar-refractivity contribution in [2.45, 2.75) is 44.4 Å². The number of nitrogens with zero attached hydrogens (tertiary/aromatic N) is 4. The first kappa shape index (κ1) is 19.2. The summed E-state index contributed by atoms with van der Waals surface area (Å²) in [4.78, 5) is 16.0. The molecule has 10 heteroatoms. The zero-order valence-corrected chi connectivity index (χ0v) is 15.5. The highest BCUT2D eigenvalue weighted by Crippen LogP contribution is 2.32. The molecular formula is C19H18F3N5O2. The van der Waals surface area contributed by atoms with E-state index in [1.54, 1.807) is 23.9 Å². The standard InChI is InChI=1S/C19H18F3N5O2/c1-11(25-18(28)15-6-8-24-27(15)13-3-2-4-13)16-10-14(26-29-16)12-5-7-23-17(9-12)19(20,21)22/h5-11,13H,2-4H2,1H3,(H,25,28)/t11-/m1/s1. The van der Waals surface area contributed by atoms with E-state index in [1.807, 2.05) is 0 Å². The van der Waals surface area contributed by atoms with Gasteiger partial charge in [0.2, 0.25) is 0 Å². The quantitative estimate of drug-likeness (QED) is 0.689. The van der Waals surface area contributed by atoms with E-state index in [1.165, 1.54) is 12.1 Å². The molecule has 3 aromatic rings. The summed E-state index contributed by atoms with van der Waals surface area (Å²) in [6.45, 7) is 1.71. The van der Waals surface area contributed by atoms with Crippen molar-refractivity contribution in [2.75, 3.05) is 0 Å². The van der Waals surface area contributed by atoms with Crippen LogP contribution < -0.4 is 5.32 Å². The predicted molar refractivity (Wildman–Crippen MR) is 95.7 cm³/mol. The van der Waals surface area contributed by atoms with Gasteiger partial charge in [0, 0.05) is 24.0 Å². The maximum absolute atomic E-state index is 12.9. The minimum Gasteiger partial charge on any atom is -0.359 e. The van der Waals surface area contributed by atoms with Crippen molar-refractivity contribution in [2.24, 2.45) is 0 Å². The molecule has 4 rings (SSSR count). The largest absolute Gasteiger partial charge is 0.433 e. The smallest absolute Gasteiger partial charge is 0.359 e. The number of carbonyl (C=O) groups excluding carboxylic acids is 1. The number of rotatable bonds is 5. The minimum absolute atomic E-state index is 0.226. The van der Waals surface area contributed by atoms with E-state index in [2.05, 4.69) is 20.6 Å². The highest BCUT2D eigenvalue weighted by atomic mass is 19.4. The van der Waals surface area contributed by atoms with Gasteiger partial charge in [-0.1, -0.05) is 5.16 Å². The van der Waals surface area contributed by atoms with Crippen LogP contribution >= 0.6 is 0 Å². The number of pyridine rings is 1. The Balaban J connectivity index is 1.48. The fourth-order valence-electron chi connectivity index (χ4n) is 3.13. The number of nitrogens with one attached hydrogen (secondary N) is 1. The lowest BCUT2D eigenvalue weighted by atomic mass is 9.93. The Labute approximate surface area is 163 Å². The number of hydrogen-bond acceptors (Lipinski definition) is 5. The van der Waals surface area contributed by atoms with Crippen LogP contribution in [0.1, 0.15) is 60.2 Å². The highest BCUT2D eigenvalue weighted by Gasteiger charge is 2.33. The van der Waals surface area contributed by atoms with Gasteiger partial charge in [0.25, 0.3) is 5.91 Å². The van der Waals surface area contributed by atoms with Crippen molar-refractivity contribution < 1.29 is 22.5 Å². The lowest BCUT2D eigenvalue weighted by molar-refractivity contribution is -0.141. The van der Waals surface area contributed by atoms with Crippen LogP contribution in [0, 0.1) is 0 Å². The van der Waals surface area contributed by atoms with Crippen LogP contribution in [0.4, 0.5) is 13.2 Å². The molecule has 0 aliphatic heterocycles. The van der Waals surface area contributed by atoms with Crippen molar-refractivity contribution in [1.29, 1.82) is 0 Å². The molecule has 152 valence electrons. The predicted octanol–water partition coefficient (Wildman–Crippen LogP) is 4.17. The second-order valence-corrected chi connectivity index (χ2v) is 6.98. The fraction of sp³-hybridized carbons (Fsp3) is 0.368. The molecule has 3 heterocycles. The van der Waals surface area contributed by atoms with Crippen molar-refractivity contribution in [1.82, 2.24) is 25.2 Å². The van der Waals surface area contributed by atoms with Gasteiger partial charge in [-0.2, -0.15) is 18.3 Å². The lowest BCUT2D eigenvalue weighted by Gasteiger charge is -2.27. The van der Waals surface area contributed by atoms with Gasteiger partial charge in [0.05, 0.1) is 12.1 Å². The third-order valence-electron chi connectivity index (χ3n) is 4.97. The normalized spacial score (nSPS) is 15.7. The Kier molecular flexibility index (Phi) is 4.85.